The van der Waals surface area contributed by atoms with Crippen molar-refractivity contribution in [1.29, 1.82) is 5.26 Å². The van der Waals surface area contributed by atoms with Gasteiger partial charge in [0.25, 0.3) is 10.2 Å². The molecular formula is C25H32F3N5O5S. The summed E-state index contributed by atoms with van der Waals surface area (Å²) in [6.07, 6.45) is -2.62. The molecule has 0 aromatic heterocycles. The Morgan fingerprint density at radius 2 is 1.87 bits per heavy atom. The number of amides is 2. The third kappa shape index (κ3) is 6.37. The first-order valence-corrected chi connectivity index (χ1v) is 14.3. The minimum Gasteiger partial charge on any atom is -0.382 e. The Kier molecular flexibility index (Phi) is 8.85. The lowest BCUT2D eigenvalue weighted by molar-refractivity contribution is -0.143. The normalized spacial score (nSPS) is 24.1. The van der Waals surface area contributed by atoms with Gasteiger partial charge in [-0.15, -0.1) is 0 Å². The Morgan fingerprint density at radius 3 is 2.54 bits per heavy atom. The van der Waals surface area contributed by atoms with Crippen molar-refractivity contribution < 1.29 is 35.9 Å². The van der Waals surface area contributed by atoms with Gasteiger partial charge in [-0.05, 0) is 43.4 Å². The van der Waals surface area contributed by atoms with Crippen LogP contribution in [-0.2, 0) is 30.7 Å². The molecule has 0 radical (unpaired) electrons. The van der Waals surface area contributed by atoms with Crippen LogP contribution in [0.4, 0.5) is 13.2 Å². The van der Waals surface area contributed by atoms with Gasteiger partial charge in [-0.2, -0.15) is 35.5 Å². The number of carbonyl (C=O) groups excluding carboxylic acids is 2. The molecule has 3 fully saturated rings. The van der Waals surface area contributed by atoms with Gasteiger partial charge in [0.05, 0.1) is 36.1 Å². The Bertz CT molecular complexity index is 1220. The largest absolute Gasteiger partial charge is 0.416 e. The molecule has 0 saturated carbocycles. The molecule has 3 atom stereocenters. The van der Waals surface area contributed by atoms with E-state index in [0.29, 0.717) is 32.2 Å². The Balaban J connectivity index is 1.43. The van der Waals surface area contributed by atoms with Crippen molar-refractivity contribution in [1.82, 2.24) is 18.8 Å². The summed E-state index contributed by atoms with van der Waals surface area (Å²) in [5.41, 5.74) is -0.611. The zero-order valence-electron chi connectivity index (χ0n) is 21.6. The molecule has 0 spiro atoms. The van der Waals surface area contributed by atoms with Gasteiger partial charge in [-0.1, -0.05) is 12.1 Å². The molecule has 1 N–H and O–H groups in total. The van der Waals surface area contributed by atoms with Crippen LogP contribution in [-0.4, -0.2) is 86.2 Å². The number of nitriles is 1. The van der Waals surface area contributed by atoms with Crippen LogP contribution < -0.4 is 5.32 Å². The van der Waals surface area contributed by atoms with Crippen LogP contribution in [0.2, 0.25) is 0 Å². The van der Waals surface area contributed by atoms with Gasteiger partial charge in [0, 0.05) is 39.8 Å². The van der Waals surface area contributed by atoms with Crippen LogP contribution in [0.25, 0.3) is 0 Å². The fourth-order valence-electron chi connectivity index (χ4n) is 5.35. The molecule has 214 valence electrons. The summed E-state index contributed by atoms with van der Waals surface area (Å²) in [7, 11) is -2.41. The average Bonchev–Trinajstić information content (AvgIpc) is 3.37. The highest BCUT2D eigenvalue weighted by atomic mass is 32.2. The topological polar surface area (TPSA) is 123 Å². The van der Waals surface area contributed by atoms with E-state index in [1.807, 2.05) is 6.07 Å². The molecule has 10 nitrogen and oxygen atoms in total. The number of methoxy groups -OCH3 is 1. The molecular weight excluding hydrogens is 539 g/mol. The van der Waals surface area contributed by atoms with E-state index in [-0.39, 0.29) is 50.2 Å². The first-order chi connectivity index (χ1) is 18.5. The fourth-order valence-corrected chi connectivity index (χ4v) is 7.14. The van der Waals surface area contributed by atoms with E-state index in [1.165, 1.54) is 32.8 Å². The molecule has 0 aliphatic carbocycles. The molecule has 2 amide bonds. The average molecular weight is 572 g/mol. The molecule has 3 aliphatic heterocycles. The lowest BCUT2D eigenvalue weighted by Gasteiger charge is -2.41. The monoisotopic (exact) mass is 571 g/mol. The van der Waals surface area contributed by atoms with E-state index in [2.05, 4.69) is 5.32 Å². The standard InChI is InChI=1S/C25H32F3N5O5S/c1-38-16-21(18-5-2-7-20(11-18)25(26,27)28)30-23(34)22-8-4-10-33(22)24(35)19-6-3-9-31(15-19)39(36,37)32-13-17(12-29)14-32/h2,5,7,11,17,19,21-22H,3-4,6,8-10,13-16H2,1H3,(H,30,34)/t19-,21-,22+/m0/s1. The molecule has 1 aromatic rings. The highest BCUT2D eigenvalue weighted by molar-refractivity contribution is 7.86. The molecule has 1 aromatic carbocycles. The second-order valence-electron chi connectivity index (χ2n) is 10.2. The zero-order valence-corrected chi connectivity index (χ0v) is 22.4. The number of rotatable bonds is 8. The molecule has 3 saturated heterocycles. The van der Waals surface area contributed by atoms with Crippen molar-refractivity contribution in [2.24, 2.45) is 11.8 Å². The summed E-state index contributed by atoms with van der Waals surface area (Å²) in [4.78, 5) is 28.2. The Morgan fingerprint density at radius 1 is 1.15 bits per heavy atom. The predicted molar refractivity (Wildman–Crippen MR) is 133 cm³/mol. The van der Waals surface area contributed by atoms with Crippen molar-refractivity contribution >= 4 is 22.0 Å². The van der Waals surface area contributed by atoms with E-state index < -0.39 is 45.9 Å². The maximum atomic E-state index is 13.5. The fraction of sp³-hybridized carbons (Fsp3) is 0.640. The summed E-state index contributed by atoms with van der Waals surface area (Å²) in [6.45, 7) is 0.810. The maximum absolute atomic E-state index is 13.5. The van der Waals surface area contributed by atoms with Crippen molar-refractivity contribution in [3.63, 3.8) is 0 Å². The molecule has 3 heterocycles. The Hall–Kier alpha value is -2.73. The van der Waals surface area contributed by atoms with Crippen LogP contribution in [0.15, 0.2) is 24.3 Å². The smallest absolute Gasteiger partial charge is 0.382 e. The quantitative estimate of drug-likeness (QED) is 0.509. The van der Waals surface area contributed by atoms with E-state index in [4.69, 9.17) is 10.00 Å². The summed E-state index contributed by atoms with van der Waals surface area (Å²) < 4.78 is 73.3. The van der Waals surface area contributed by atoms with Crippen LogP contribution >= 0.6 is 0 Å². The van der Waals surface area contributed by atoms with E-state index in [9.17, 15) is 31.2 Å². The summed E-state index contributed by atoms with van der Waals surface area (Å²) in [5, 5.41) is 11.7. The van der Waals surface area contributed by atoms with Gasteiger partial charge in [0.1, 0.15) is 6.04 Å². The number of nitrogens with one attached hydrogen (secondary N) is 1. The third-order valence-corrected chi connectivity index (χ3v) is 9.46. The van der Waals surface area contributed by atoms with Crippen LogP contribution in [0.5, 0.6) is 0 Å². The first-order valence-electron chi connectivity index (χ1n) is 12.9. The van der Waals surface area contributed by atoms with Gasteiger partial charge in [-0.3, -0.25) is 9.59 Å². The van der Waals surface area contributed by atoms with Crippen molar-refractivity contribution in [3.05, 3.63) is 35.4 Å². The lowest BCUT2D eigenvalue weighted by atomic mass is 9.97. The summed E-state index contributed by atoms with van der Waals surface area (Å²) >= 11 is 0. The van der Waals surface area contributed by atoms with Crippen molar-refractivity contribution in [2.45, 2.75) is 43.9 Å². The summed E-state index contributed by atoms with van der Waals surface area (Å²) in [6, 6.07) is 5.03. The second kappa shape index (κ2) is 11.8. The number of ether oxygens (including phenoxy) is 1. The van der Waals surface area contributed by atoms with Crippen molar-refractivity contribution in [2.75, 3.05) is 46.4 Å². The van der Waals surface area contributed by atoms with Gasteiger partial charge in [0.15, 0.2) is 0 Å². The molecule has 0 unspecified atom stereocenters. The maximum Gasteiger partial charge on any atom is 0.416 e. The molecule has 14 heteroatoms. The van der Waals surface area contributed by atoms with Gasteiger partial charge in [-0.25, -0.2) is 0 Å². The van der Waals surface area contributed by atoms with E-state index in [0.717, 1.165) is 12.1 Å². The first kappa shape index (κ1) is 29.3. The molecule has 39 heavy (non-hydrogen) atoms. The number of hydrogen-bond donors (Lipinski definition) is 1. The Labute approximate surface area is 225 Å². The number of likely N-dealkylation sites (tertiary alicyclic amines) is 1. The SMILES string of the molecule is COC[C@H](NC(=O)[C@H]1CCCN1C(=O)[C@H]1CCCN(S(=O)(=O)N2CC(C#N)C2)C1)c1cccc(C(F)(F)F)c1. The van der Waals surface area contributed by atoms with Crippen LogP contribution in [0, 0.1) is 23.2 Å². The minimum absolute atomic E-state index is 0.00371. The molecule has 4 rings (SSSR count). The highest BCUT2D eigenvalue weighted by Gasteiger charge is 2.44. The van der Waals surface area contributed by atoms with E-state index in [1.54, 1.807) is 0 Å². The number of alkyl halides is 3. The third-order valence-electron chi connectivity index (χ3n) is 7.52. The lowest BCUT2D eigenvalue weighted by Crippen LogP contribution is -2.57. The van der Waals surface area contributed by atoms with Gasteiger partial charge < -0.3 is 15.0 Å². The summed E-state index contributed by atoms with van der Waals surface area (Å²) in [5.74, 6) is -1.76. The number of halogens is 3. The number of nitrogens with zero attached hydrogens (tertiary/aromatic N) is 4. The number of carbonyl (C=O) groups is 2. The van der Waals surface area contributed by atoms with Crippen LogP contribution in [0.3, 0.4) is 0 Å². The highest BCUT2D eigenvalue weighted by Crippen LogP contribution is 2.32. The minimum atomic E-state index is -4.54. The number of hydrogen-bond acceptors (Lipinski definition) is 6. The molecule has 3 aliphatic rings. The van der Waals surface area contributed by atoms with Crippen LogP contribution in [0.1, 0.15) is 42.9 Å². The number of benzene rings is 1. The van der Waals surface area contributed by atoms with Crippen molar-refractivity contribution in [3.8, 4) is 6.07 Å². The zero-order chi connectivity index (χ0) is 28.4. The number of piperidine rings is 1. The van der Waals surface area contributed by atoms with Gasteiger partial charge in [0.2, 0.25) is 11.8 Å². The molecule has 0 bridgehead atoms. The predicted octanol–water partition coefficient (Wildman–Crippen LogP) is 1.91. The van der Waals surface area contributed by atoms with E-state index >= 15 is 0 Å². The second-order valence-corrected chi connectivity index (χ2v) is 12.1. The van der Waals surface area contributed by atoms with Gasteiger partial charge >= 0.3 is 6.18 Å².